The SMILES string of the molecule is C=Cc1cc(F)c(CC(=O)NC2CC(F)(F)C2)cc1F. The molecule has 1 aromatic carbocycles. The molecular weight excluding hydrogens is 274 g/mol. The van der Waals surface area contributed by atoms with Crippen LogP contribution in [0.4, 0.5) is 17.6 Å². The van der Waals surface area contributed by atoms with Crippen molar-refractivity contribution in [2.45, 2.75) is 31.2 Å². The first-order valence-corrected chi connectivity index (χ1v) is 6.08. The highest BCUT2D eigenvalue weighted by Crippen LogP contribution is 2.37. The molecule has 0 aliphatic heterocycles. The second-order valence-corrected chi connectivity index (χ2v) is 4.87. The van der Waals surface area contributed by atoms with Crippen molar-refractivity contribution < 1.29 is 22.4 Å². The molecule has 1 N–H and O–H groups in total. The number of benzene rings is 1. The predicted octanol–water partition coefficient (Wildman–Crippen LogP) is 3.06. The van der Waals surface area contributed by atoms with Crippen LogP contribution in [0.1, 0.15) is 24.0 Å². The van der Waals surface area contributed by atoms with Crippen molar-refractivity contribution in [3.63, 3.8) is 0 Å². The van der Waals surface area contributed by atoms with E-state index < -0.39 is 42.3 Å². The average Bonchev–Trinajstić information content (AvgIpc) is 2.31. The Kier molecular flexibility index (Phi) is 3.83. The molecule has 6 heteroatoms. The lowest BCUT2D eigenvalue weighted by molar-refractivity contribution is -0.128. The van der Waals surface area contributed by atoms with Gasteiger partial charge in [0.15, 0.2) is 0 Å². The second-order valence-electron chi connectivity index (χ2n) is 4.87. The van der Waals surface area contributed by atoms with Gasteiger partial charge in [-0.15, -0.1) is 0 Å². The van der Waals surface area contributed by atoms with E-state index in [1.54, 1.807) is 0 Å². The van der Waals surface area contributed by atoms with E-state index >= 15 is 0 Å². The maximum absolute atomic E-state index is 13.6. The molecule has 108 valence electrons. The van der Waals surface area contributed by atoms with Crippen LogP contribution in [0.3, 0.4) is 0 Å². The standard InChI is InChI=1S/C14H13F4NO/c1-2-8-3-12(16)9(4-11(8)15)5-13(20)19-10-6-14(17,18)7-10/h2-4,10H,1,5-7H2,(H,19,20). The van der Waals surface area contributed by atoms with Crippen LogP contribution >= 0.6 is 0 Å². The fraction of sp³-hybridized carbons (Fsp3) is 0.357. The third-order valence-corrected chi connectivity index (χ3v) is 3.19. The van der Waals surface area contributed by atoms with Gasteiger partial charge in [-0.2, -0.15) is 0 Å². The van der Waals surface area contributed by atoms with E-state index in [4.69, 9.17) is 0 Å². The molecule has 1 fully saturated rings. The minimum absolute atomic E-state index is 0.00490. The van der Waals surface area contributed by atoms with Crippen molar-refractivity contribution in [3.05, 3.63) is 41.5 Å². The van der Waals surface area contributed by atoms with E-state index in [1.165, 1.54) is 6.08 Å². The third kappa shape index (κ3) is 3.18. The van der Waals surface area contributed by atoms with E-state index in [2.05, 4.69) is 11.9 Å². The van der Waals surface area contributed by atoms with Gasteiger partial charge in [0.2, 0.25) is 5.91 Å². The molecular formula is C14H13F4NO. The smallest absolute Gasteiger partial charge is 0.252 e. The van der Waals surface area contributed by atoms with Crippen LogP contribution < -0.4 is 5.32 Å². The molecule has 1 aliphatic rings. The maximum Gasteiger partial charge on any atom is 0.252 e. The minimum atomic E-state index is -2.74. The topological polar surface area (TPSA) is 29.1 Å². The van der Waals surface area contributed by atoms with Gasteiger partial charge in [-0.25, -0.2) is 17.6 Å². The zero-order valence-electron chi connectivity index (χ0n) is 10.6. The number of carbonyl (C=O) groups excluding carboxylic acids is 1. The number of hydrogen-bond donors (Lipinski definition) is 1. The first-order valence-electron chi connectivity index (χ1n) is 6.08. The van der Waals surface area contributed by atoms with Gasteiger partial charge in [-0.1, -0.05) is 12.7 Å². The number of alkyl halides is 2. The van der Waals surface area contributed by atoms with Gasteiger partial charge < -0.3 is 5.32 Å². The Morgan fingerprint density at radius 2 is 2.00 bits per heavy atom. The number of hydrogen-bond acceptors (Lipinski definition) is 1. The number of rotatable bonds is 4. The lowest BCUT2D eigenvalue weighted by Gasteiger charge is -2.35. The van der Waals surface area contributed by atoms with E-state index in [0.717, 1.165) is 12.1 Å². The van der Waals surface area contributed by atoms with Crippen LogP contribution in [0, 0.1) is 11.6 Å². The molecule has 0 spiro atoms. The number of halogens is 4. The minimum Gasteiger partial charge on any atom is -0.353 e. The Balaban J connectivity index is 1.98. The molecule has 1 saturated carbocycles. The lowest BCUT2D eigenvalue weighted by atomic mass is 9.88. The van der Waals surface area contributed by atoms with Gasteiger partial charge in [0, 0.05) is 30.0 Å². The van der Waals surface area contributed by atoms with Crippen LogP contribution in [-0.2, 0) is 11.2 Å². The molecule has 0 unspecified atom stereocenters. The summed E-state index contributed by atoms with van der Waals surface area (Å²) in [6, 6.07) is 1.27. The summed E-state index contributed by atoms with van der Waals surface area (Å²) in [5.74, 6) is -4.74. The molecule has 2 nitrogen and oxygen atoms in total. The Bertz CT molecular complexity index is 548. The van der Waals surface area contributed by atoms with Gasteiger partial charge in [0.25, 0.3) is 5.92 Å². The van der Waals surface area contributed by atoms with Gasteiger partial charge in [-0.05, 0) is 12.1 Å². The molecule has 1 aliphatic carbocycles. The summed E-state index contributed by atoms with van der Waals surface area (Å²) < 4.78 is 52.3. The van der Waals surface area contributed by atoms with Crippen molar-refractivity contribution in [1.29, 1.82) is 0 Å². The molecule has 0 atom stereocenters. The van der Waals surface area contributed by atoms with Crippen LogP contribution in [0.5, 0.6) is 0 Å². The Morgan fingerprint density at radius 1 is 1.35 bits per heavy atom. The van der Waals surface area contributed by atoms with Gasteiger partial charge in [-0.3, -0.25) is 4.79 Å². The van der Waals surface area contributed by atoms with Crippen LogP contribution in [-0.4, -0.2) is 17.9 Å². The zero-order valence-corrected chi connectivity index (χ0v) is 10.6. The van der Waals surface area contributed by atoms with Crippen LogP contribution in [0.15, 0.2) is 18.7 Å². The van der Waals surface area contributed by atoms with E-state index in [0.29, 0.717) is 0 Å². The fourth-order valence-corrected chi connectivity index (χ4v) is 2.11. The molecule has 1 amide bonds. The average molecular weight is 287 g/mol. The monoisotopic (exact) mass is 287 g/mol. The predicted molar refractivity (Wildman–Crippen MR) is 66.3 cm³/mol. The molecule has 0 bridgehead atoms. The van der Waals surface area contributed by atoms with E-state index in [-0.39, 0.29) is 17.5 Å². The summed E-state index contributed by atoms with van der Waals surface area (Å²) in [5, 5.41) is 2.37. The van der Waals surface area contributed by atoms with Crippen molar-refractivity contribution in [2.75, 3.05) is 0 Å². The summed E-state index contributed by atoms with van der Waals surface area (Å²) >= 11 is 0. The zero-order chi connectivity index (χ0) is 14.9. The van der Waals surface area contributed by atoms with Crippen molar-refractivity contribution >= 4 is 12.0 Å². The molecule has 2 rings (SSSR count). The molecule has 20 heavy (non-hydrogen) atoms. The summed E-state index contributed by atoms with van der Waals surface area (Å²) in [7, 11) is 0. The second kappa shape index (κ2) is 5.26. The molecule has 0 saturated heterocycles. The van der Waals surface area contributed by atoms with E-state index in [1.807, 2.05) is 0 Å². The van der Waals surface area contributed by atoms with Gasteiger partial charge in [0.1, 0.15) is 11.6 Å². The highest BCUT2D eigenvalue weighted by Gasteiger charge is 2.45. The number of amides is 1. The van der Waals surface area contributed by atoms with Crippen molar-refractivity contribution in [1.82, 2.24) is 5.32 Å². The van der Waals surface area contributed by atoms with Crippen LogP contribution in [0.2, 0.25) is 0 Å². The fourth-order valence-electron chi connectivity index (χ4n) is 2.11. The van der Waals surface area contributed by atoms with Gasteiger partial charge in [0.05, 0.1) is 6.42 Å². The first kappa shape index (κ1) is 14.6. The summed E-state index contributed by atoms with van der Waals surface area (Å²) in [4.78, 5) is 11.6. The highest BCUT2D eigenvalue weighted by molar-refractivity contribution is 5.79. The quantitative estimate of drug-likeness (QED) is 0.847. The summed E-state index contributed by atoms with van der Waals surface area (Å²) in [6.07, 6.45) is -0.0447. The Hall–Kier alpha value is -1.85. The lowest BCUT2D eigenvalue weighted by Crippen LogP contribution is -2.50. The first-order chi connectivity index (χ1) is 9.30. The molecule has 0 radical (unpaired) electrons. The van der Waals surface area contributed by atoms with Gasteiger partial charge >= 0.3 is 0 Å². The van der Waals surface area contributed by atoms with Crippen molar-refractivity contribution in [2.24, 2.45) is 0 Å². The number of nitrogens with one attached hydrogen (secondary N) is 1. The number of carbonyl (C=O) groups is 1. The van der Waals surface area contributed by atoms with E-state index in [9.17, 15) is 22.4 Å². The Labute approximate surface area is 113 Å². The summed E-state index contributed by atoms with van der Waals surface area (Å²) in [6.45, 7) is 3.34. The molecule has 1 aromatic rings. The summed E-state index contributed by atoms with van der Waals surface area (Å²) in [5.41, 5.74) is -0.109. The maximum atomic E-state index is 13.6. The highest BCUT2D eigenvalue weighted by atomic mass is 19.3. The largest absolute Gasteiger partial charge is 0.353 e. The van der Waals surface area contributed by atoms with Crippen LogP contribution in [0.25, 0.3) is 6.08 Å². The van der Waals surface area contributed by atoms with Crippen molar-refractivity contribution in [3.8, 4) is 0 Å². The molecule has 0 aromatic heterocycles. The molecule has 0 heterocycles. The third-order valence-electron chi connectivity index (χ3n) is 3.19. The Morgan fingerprint density at radius 3 is 2.55 bits per heavy atom. The normalized spacial score (nSPS) is 17.4.